The fourth-order valence-corrected chi connectivity index (χ4v) is 2.68. The molecule has 3 nitrogen and oxygen atoms in total. The minimum absolute atomic E-state index is 0.0541. The first kappa shape index (κ1) is 13.9. The van der Waals surface area contributed by atoms with E-state index < -0.39 is 0 Å². The molecule has 0 aliphatic heterocycles. The Morgan fingerprint density at radius 1 is 1.12 bits per heavy atom. The Hall–Kier alpha value is -0.120. The zero-order chi connectivity index (χ0) is 12.0. The Bertz CT molecular complexity index is 186. The number of hydrogen-bond acceptors (Lipinski definition) is 3. The molecule has 1 aliphatic rings. The smallest absolute Gasteiger partial charge is 0.0519 e. The van der Waals surface area contributed by atoms with Crippen LogP contribution in [0.1, 0.15) is 39.0 Å². The van der Waals surface area contributed by atoms with Gasteiger partial charge in [-0.25, -0.2) is 0 Å². The normalized spacial score (nSPS) is 19.3. The van der Waals surface area contributed by atoms with E-state index >= 15 is 0 Å². The van der Waals surface area contributed by atoms with Crippen LogP contribution >= 0.6 is 0 Å². The molecule has 0 atom stereocenters. The maximum atomic E-state index is 9.25. The Morgan fingerprint density at radius 2 is 1.69 bits per heavy atom. The number of nitrogens with zero attached hydrogens (tertiary/aromatic N) is 1. The third kappa shape index (κ3) is 4.40. The molecule has 2 N–H and O–H groups in total. The van der Waals surface area contributed by atoms with Crippen LogP contribution in [0.5, 0.6) is 0 Å². The summed E-state index contributed by atoms with van der Waals surface area (Å²) in [7, 11) is 2.10. The van der Waals surface area contributed by atoms with Crippen LogP contribution in [0.3, 0.4) is 0 Å². The van der Waals surface area contributed by atoms with Gasteiger partial charge in [0.2, 0.25) is 0 Å². The van der Waals surface area contributed by atoms with Crippen LogP contribution < -0.4 is 0 Å². The summed E-state index contributed by atoms with van der Waals surface area (Å²) in [6.45, 7) is 3.92. The van der Waals surface area contributed by atoms with E-state index in [-0.39, 0.29) is 18.6 Å². The molecule has 3 heteroatoms. The Morgan fingerprint density at radius 3 is 2.19 bits per heavy atom. The summed E-state index contributed by atoms with van der Waals surface area (Å²) in [5.74, 6) is 0.820. The van der Waals surface area contributed by atoms with Gasteiger partial charge in [0.1, 0.15) is 0 Å². The molecular weight excluding hydrogens is 202 g/mol. The highest BCUT2D eigenvalue weighted by Crippen LogP contribution is 2.25. The van der Waals surface area contributed by atoms with Crippen LogP contribution in [0, 0.1) is 11.3 Å². The van der Waals surface area contributed by atoms with Crippen LogP contribution in [0.25, 0.3) is 0 Å². The van der Waals surface area contributed by atoms with E-state index in [1.165, 1.54) is 32.1 Å². The molecule has 0 radical (unpaired) electrons. The largest absolute Gasteiger partial charge is 0.396 e. The lowest BCUT2D eigenvalue weighted by atomic mass is 9.87. The van der Waals surface area contributed by atoms with Crippen molar-refractivity contribution < 1.29 is 10.2 Å². The Kier molecular flexibility index (Phi) is 5.73. The van der Waals surface area contributed by atoms with E-state index in [1.807, 2.05) is 6.92 Å². The highest BCUT2D eigenvalue weighted by Gasteiger charge is 2.25. The Labute approximate surface area is 99.5 Å². The minimum Gasteiger partial charge on any atom is -0.396 e. The zero-order valence-electron chi connectivity index (χ0n) is 10.8. The lowest BCUT2D eigenvalue weighted by Crippen LogP contribution is -2.41. The second-order valence-corrected chi connectivity index (χ2v) is 5.83. The molecule has 0 aromatic rings. The van der Waals surface area contributed by atoms with Crippen LogP contribution in [0.4, 0.5) is 0 Å². The van der Waals surface area contributed by atoms with Crippen molar-refractivity contribution in [2.45, 2.75) is 39.0 Å². The van der Waals surface area contributed by atoms with Crippen molar-refractivity contribution >= 4 is 0 Å². The summed E-state index contributed by atoms with van der Waals surface area (Å²) in [5, 5.41) is 18.5. The quantitative estimate of drug-likeness (QED) is 0.725. The first-order chi connectivity index (χ1) is 7.59. The van der Waals surface area contributed by atoms with Crippen molar-refractivity contribution in [3.63, 3.8) is 0 Å². The van der Waals surface area contributed by atoms with Crippen molar-refractivity contribution in [3.8, 4) is 0 Å². The minimum atomic E-state index is -0.358. The molecule has 1 aliphatic carbocycles. The first-order valence-corrected chi connectivity index (χ1v) is 6.50. The fraction of sp³-hybridized carbons (Fsp3) is 1.00. The van der Waals surface area contributed by atoms with E-state index in [9.17, 15) is 10.2 Å². The van der Waals surface area contributed by atoms with Crippen LogP contribution in [0.15, 0.2) is 0 Å². The Balaban J connectivity index is 2.30. The summed E-state index contributed by atoms with van der Waals surface area (Å²) in [6.07, 6.45) is 6.83. The van der Waals surface area contributed by atoms with E-state index in [1.54, 1.807) is 0 Å². The summed E-state index contributed by atoms with van der Waals surface area (Å²) in [4.78, 5) is 2.27. The van der Waals surface area contributed by atoms with Crippen molar-refractivity contribution in [2.24, 2.45) is 11.3 Å². The molecule has 1 saturated carbocycles. The van der Waals surface area contributed by atoms with Crippen LogP contribution in [-0.2, 0) is 0 Å². The molecule has 0 aromatic heterocycles. The van der Waals surface area contributed by atoms with Gasteiger partial charge in [-0.15, -0.1) is 0 Å². The highest BCUT2D eigenvalue weighted by molar-refractivity contribution is 4.77. The van der Waals surface area contributed by atoms with Gasteiger partial charge in [0.15, 0.2) is 0 Å². The molecule has 0 aromatic carbocycles. The van der Waals surface area contributed by atoms with E-state index in [4.69, 9.17) is 0 Å². The van der Waals surface area contributed by atoms with Gasteiger partial charge >= 0.3 is 0 Å². The molecule has 0 unspecified atom stereocenters. The van der Waals surface area contributed by atoms with Gasteiger partial charge in [-0.3, -0.25) is 0 Å². The van der Waals surface area contributed by atoms with E-state index in [0.717, 1.165) is 19.0 Å². The maximum absolute atomic E-state index is 9.25. The third-order valence-corrected chi connectivity index (χ3v) is 3.71. The summed E-state index contributed by atoms with van der Waals surface area (Å²) >= 11 is 0. The van der Waals surface area contributed by atoms with Gasteiger partial charge in [-0.05, 0) is 25.8 Å². The molecule has 16 heavy (non-hydrogen) atoms. The third-order valence-electron chi connectivity index (χ3n) is 3.71. The van der Waals surface area contributed by atoms with Gasteiger partial charge in [0, 0.05) is 18.5 Å². The lowest BCUT2D eigenvalue weighted by Gasteiger charge is -2.33. The average Bonchev–Trinajstić information content (AvgIpc) is 2.30. The number of hydrogen-bond donors (Lipinski definition) is 2. The van der Waals surface area contributed by atoms with Crippen molar-refractivity contribution in [3.05, 3.63) is 0 Å². The summed E-state index contributed by atoms with van der Waals surface area (Å²) in [6, 6.07) is 0. The fourth-order valence-electron chi connectivity index (χ4n) is 2.68. The van der Waals surface area contributed by atoms with Crippen molar-refractivity contribution in [1.29, 1.82) is 0 Å². The zero-order valence-corrected chi connectivity index (χ0v) is 10.8. The van der Waals surface area contributed by atoms with Crippen LogP contribution in [0.2, 0.25) is 0 Å². The summed E-state index contributed by atoms with van der Waals surface area (Å²) < 4.78 is 0. The molecule has 1 rings (SSSR count). The molecule has 0 saturated heterocycles. The highest BCUT2D eigenvalue weighted by atomic mass is 16.3. The van der Waals surface area contributed by atoms with Gasteiger partial charge in [-0.1, -0.05) is 26.2 Å². The molecule has 0 amide bonds. The van der Waals surface area contributed by atoms with E-state index in [2.05, 4.69) is 11.9 Å². The average molecular weight is 229 g/mol. The van der Waals surface area contributed by atoms with Gasteiger partial charge < -0.3 is 15.1 Å². The lowest BCUT2D eigenvalue weighted by molar-refractivity contribution is 0.0367. The maximum Gasteiger partial charge on any atom is 0.0519 e. The first-order valence-electron chi connectivity index (χ1n) is 6.50. The topological polar surface area (TPSA) is 43.7 Å². The molecule has 0 bridgehead atoms. The monoisotopic (exact) mass is 229 g/mol. The standard InChI is InChI=1S/C13H27NO2/c1-13(10-15,11-16)9-14(2)8-12-6-4-3-5-7-12/h12,15-16H,3-11H2,1-2H3. The second kappa shape index (κ2) is 6.58. The van der Waals surface area contributed by atoms with Crippen LogP contribution in [-0.4, -0.2) is 48.5 Å². The number of aliphatic hydroxyl groups is 2. The molecule has 96 valence electrons. The van der Waals surface area contributed by atoms with E-state index in [0.29, 0.717) is 0 Å². The molecule has 0 heterocycles. The van der Waals surface area contributed by atoms with Gasteiger partial charge in [0.25, 0.3) is 0 Å². The van der Waals surface area contributed by atoms with Crippen molar-refractivity contribution in [1.82, 2.24) is 4.90 Å². The summed E-state index contributed by atoms with van der Waals surface area (Å²) in [5.41, 5.74) is -0.358. The predicted molar refractivity (Wildman–Crippen MR) is 66.4 cm³/mol. The van der Waals surface area contributed by atoms with Crippen molar-refractivity contribution in [2.75, 3.05) is 33.4 Å². The SMILES string of the molecule is CN(CC1CCCCC1)CC(C)(CO)CO. The van der Waals surface area contributed by atoms with Gasteiger partial charge in [0.05, 0.1) is 13.2 Å². The number of aliphatic hydroxyl groups excluding tert-OH is 2. The number of rotatable bonds is 6. The second-order valence-electron chi connectivity index (χ2n) is 5.83. The molecule has 1 fully saturated rings. The molecular formula is C13H27NO2. The molecule has 0 spiro atoms. The predicted octanol–water partition coefficient (Wildman–Crippen LogP) is 1.49. The van der Waals surface area contributed by atoms with Gasteiger partial charge in [-0.2, -0.15) is 0 Å².